The topological polar surface area (TPSA) is 95.9 Å². The predicted molar refractivity (Wildman–Crippen MR) is 109 cm³/mol. The minimum atomic E-state index is -0.796. The van der Waals surface area contributed by atoms with Gasteiger partial charge >= 0.3 is 5.97 Å². The van der Waals surface area contributed by atoms with Crippen LogP contribution in [-0.4, -0.2) is 48.5 Å². The number of esters is 1. The standard InChI is InChI=1S/C22H20N2O5/c1-24(2)21(27)15-7-10-16(11-8-15)23-19(25)13-29-22(28)18-12-9-14-5-3-4-6-17(14)20(18)26/h3-12,26H,13H2,1-2H3,(H,23,25). The Balaban J connectivity index is 1.60. The van der Waals surface area contributed by atoms with Gasteiger partial charge in [0, 0.05) is 30.7 Å². The molecule has 0 bridgehead atoms. The summed E-state index contributed by atoms with van der Waals surface area (Å²) in [5.41, 5.74) is 0.948. The van der Waals surface area contributed by atoms with Gasteiger partial charge in [0.2, 0.25) is 0 Å². The lowest BCUT2D eigenvalue weighted by Gasteiger charge is -2.11. The smallest absolute Gasteiger partial charge is 0.342 e. The van der Waals surface area contributed by atoms with Crippen LogP contribution in [-0.2, 0) is 9.53 Å². The monoisotopic (exact) mass is 392 g/mol. The number of benzene rings is 3. The molecular formula is C22H20N2O5. The Morgan fingerprint density at radius 2 is 1.66 bits per heavy atom. The van der Waals surface area contributed by atoms with Gasteiger partial charge in [-0.15, -0.1) is 0 Å². The molecule has 0 saturated heterocycles. The third-order valence-electron chi connectivity index (χ3n) is 4.28. The number of hydrogen-bond donors (Lipinski definition) is 2. The highest BCUT2D eigenvalue weighted by Crippen LogP contribution is 2.29. The van der Waals surface area contributed by atoms with Crippen LogP contribution >= 0.6 is 0 Å². The Labute approximate surface area is 167 Å². The highest BCUT2D eigenvalue weighted by Gasteiger charge is 2.16. The second-order valence-electron chi connectivity index (χ2n) is 6.58. The first-order valence-corrected chi connectivity index (χ1v) is 8.86. The Morgan fingerprint density at radius 1 is 0.966 bits per heavy atom. The van der Waals surface area contributed by atoms with Crippen LogP contribution in [0.2, 0.25) is 0 Å². The number of ether oxygens (including phenoxy) is 1. The summed E-state index contributed by atoms with van der Waals surface area (Å²) in [7, 11) is 3.30. The lowest BCUT2D eigenvalue weighted by atomic mass is 10.1. The van der Waals surface area contributed by atoms with Crippen molar-refractivity contribution >= 4 is 34.2 Å². The van der Waals surface area contributed by atoms with Crippen LogP contribution in [0.15, 0.2) is 60.7 Å². The van der Waals surface area contributed by atoms with Gasteiger partial charge in [0.25, 0.3) is 11.8 Å². The van der Waals surface area contributed by atoms with Crippen LogP contribution in [0.4, 0.5) is 5.69 Å². The van der Waals surface area contributed by atoms with Gasteiger partial charge in [-0.05, 0) is 35.7 Å². The lowest BCUT2D eigenvalue weighted by Crippen LogP contribution is -2.22. The number of phenolic OH excluding ortho intramolecular Hbond substituents is 1. The summed E-state index contributed by atoms with van der Waals surface area (Å²) in [6, 6.07) is 16.6. The van der Waals surface area contributed by atoms with Crippen LogP contribution in [0.25, 0.3) is 10.8 Å². The quantitative estimate of drug-likeness (QED) is 0.651. The van der Waals surface area contributed by atoms with Crippen molar-refractivity contribution in [1.82, 2.24) is 4.90 Å². The zero-order valence-corrected chi connectivity index (χ0v) is 16.0. The molecule has 0 aliphatic heterocycles. The van der Waals surface area contributed by atoms with E-state index in [2.05, 4.69) is 5.32 Å². The Hall–Kier alpha value is -3.87. The first kappa shape index (κ1) is 19.9. The van der Waals surface area contributed by atoms with E-state index in [1.165, 1.54) is 11.0 Å². The van der Waals surface area contributed by atoms with E-state index >= 15 is 0 Å². The van der Waals surface area contributed by atoms with E-state index in [4.69, 9.17) is 4.74 Å². The summed E-state index contributed by atoms with van der Waals surface area (Å²) >= 11 is 0. The fourth-order valence-corrected chi connectivity index (χ4v) is 2.78. The minimum Gasteiger partial charge on any atom is -0.506 e. The number of carbonyl (C=O) groups excluding carboxylic acids is 3. The SMILES string of the molecule is CN(C)C(=O)c1ccc(NC(=O)COC(=O)c2ccc3ccccc3c2O)cc1. The van der Waals surface area contributed by atoms with Gasteiger partial charge in [-0.3, -0.25) is 9.59 Å². The van der Waals surface area contributed by atoms with Crippen molar-refractivity contribution in [2.75, 3.05) is 26.0 Å². The molecule has 148 valence electrons. The summed E-state index contributed by atoms with van der Waals surface area (Å²) < 4.78 is 5.01. The van der Waals surface area contributed by atoms with Gasteiger partial charge in [0.15, 0.2) is 6.61 Å². The summed E-state index contributed by atoms with van der Waals surface area (Å²) in [5, 5.41) is 14.2. The molecule has 2 amide bonds. The van der Waals surface area contributed by atoms with Crippen LogP contribution in [0.1, 0.15) is 20.7 Å². The molecule has 0 fully saturated rings. The Morgan fingerprint density at radius 3 is 2.34 bits per heavy atom. The number of hydrogen-bond acceptors (Lipinski definition) is 5. The molecule has 0 heterocycles. The molecule has 3 aromatic carbocycles. The molecule has 7 heteroatoms. The van der Waals surface area contributed by atoms with Gasteiger partial charge in [-0.25, -0.2) is 4.79 Å². The average molecular weight is 392 g/mol. The van der Waals surface area contributed by atoms with E-state index in [0.29, 0.717) is 16.6 Å². The minimum absolute atomic E-state index is 0.0111. The van der Waals surface area contributed by atoms with Crippen molar-refractivity contribution in [2.24, 2.45) is 0 Å². The summed E-state index contributed by atoms with van der Waals surface area (Å²) in [4.78, 5) is 37.6. The molecule has 0 aliphatic carbocycles. The molecule has 0 unspecified atom stereocenters. The second kappa shape index (κ2) is 8.43. The molecule has 7 nitrogen and oxygen atoms in total. The number of carbonyl (C=O) groups is 3. The number of rotatable bonds is 5. The zero-order chi connectivity index (χ0) is 21.0. The van der Waals surface area contributed by atoms with E-state index in [-0.39, 0.29) is 17.2 Å². The zero-order valence-electron chi connectivity index (χ0n) is 16.0. The number of aromatic hydroxyl groups is 1. The lowest BCUT2D eigenvalue weighted by molar-refractivity contribution is -0.119. The molecule has 0 atom stereocenters. The van der Waals surface area contributed by atoms with Crippen LogP contribution in [0.3, 0.4) is 0 Å². The Bertz CT molecular complexity index is 1070. The first-order chi connectivity index (χ1) is 13.9. The number of nitrogens with one attached hydrogen (secondary N) is 1. The number of fused-ring (bicyclic) bond motifs is 1. The van der Waals surface area contributed by atoms with Crippen molar-refractivity contribution in [3.8, 4) is 5.75 Å². The van der Waals surface area contributed by atoms with Gasteiger partial charge in [-0.1, -0.05) is 30.3 Å². The summed E-state index contributed by atoms with van der Waals surface area (Å²) in [6.07, 6.45) is 0. The van der Waals surface area contributed by atoms with E-state index in [0.717, 1.165) is 5.39 Å². The average Bonchev–Trinajstić information content (AvgIpc) is 2.72. The fourth-order valence-electron chi connectivity index (χ4n) is 2.78. The van der Waals surface area contributed by atoms with E-state index < -0.39 is 18.5 Å². The third kappa shape index (κ3) is 4.52. The summed E-state index contributed by atoms with van der Waals surface area (Å²) in [6.45, 7) is -0.510. The highest BCUT2D eigenvalue weighted by molar-refractivity contribution is 6.02. The molecule has 0 aromatic heterocycles. The van der Waals surface area contributed by atoms with Crippen LogP contribution < -0.4 is 5.32 Å². The third-order valence-corrected chi connectivity index (χ3v) is 4.28. The molecule has 2 N–H and O–H groups in total. The molecule has 29 heavy (non-hydrogen) atoms. The molecular weight excluding hydrogens is 372 g/mol. The molecule has 0 aliphatic rings. The predicted octanol–water partition coefficient (Wildman–Crippen LogP) is 3.04. The van der Waals surface area contributed by atoms with Gasteiger partial charge < -0.3 is 20.1 Å². The van der Waals surface area contributed by atoms with Crippen LogP contribution in [0.5, 0.6) is 5.75 Å². The molecule has 0 saturated carbocycles. The van der Waals surface area contributed by atoms with Gasteiger partial charge in [-0.2, -0.15) is 0 Å². The maximum Gasteiger partial charge on any atom is 0.342 e. The molecule has 3 aromatic rings. The van der Waals surface area contributed by atoms with Gasteiger partial charge in [0.1, 0.15) is 11.3 Å². The molecule has 0 radical (unpaired) electrons. The van der Waals surface area contributed by atoms with Crippen molar-refractivity contribution in [1.29, 1.82) is 0 Å². The van der Waals surface area contributed by atoms with E-state index in [1.54, 1.807) is 56.6 Å². The number of nitrogens with zero attached hydrogens (tertiary/aromatic N) is 1. The fraction of sp³-hybridized carbons (Fsp3) is 0.136. The normalized spacial score (nSPS) is 10.4. The largest absolute Gasteiger partial charge is 0.506 e. The van der Waals surface area contributed by atoms with E-state index in [9.17, 15) is 19.5 Å². The number of phenols is 1. The molecule has 3 rings (SSSR count). The summed E-state index contributed by atoms with van der Waals surface area (Å²) in [5.74, 6) is -1.66. The Kier molecular flexibility index (Phi) is 5.78. The first-order valence-electron chi connectivity index (χ1n) is 8.86. The van der Waals surface area contributed by atoms with Crippen molar-refractivity contribution in [2.45, 2.75) is 0 Å². The number of amides is 2. The van der Waals surface area contributed by atoms with Crippen molar-refractivity contribution in [3.63, 3.8) is 0 Å². The maximum atomic E-state index is 12.2. The van der Waals surface area contributed by atoms with Crippen molar-refractivity contribution < 1.29 is 24.2 Å². The maximum absolute atomic E-state index is 12.2. The highest BCUT2D eigenvalue weighted by atomic mass is 16.5. The van der Waals surface area contributed by atoms with Crippen LogP contribution in [0, 0.1) is 0 Å². The van der Waals surface area contributed by atoms with Gasteiger partial charge in [0.05, 0.1) is 0 Å². The van der Waals surface area contributed by atoms with Crippen molar-refractivity contribution in [3.05, 3.63) is 71.8 Å². The van der Waals surface area contributed by atoms with E-state index in [1.807, 2.05) is 12.1 Å². The number of anilines is 1. The second-order valence-corrected chi connectivity index (χ2v) is 6.58. The molecule has 0 spiro atoms.